The molecule has 2 N–H and O–H groups in total. The number of nitriles is 1. The van der Waals surface area contributed by atoms with Crippen LogP contribution in [0, 0.1) is 17.2 Å². The second-order valence-corrected chi connectivity index (χ2v) is 6.31. The second kappa shape index (κ2) is 8.18. The van der Waals surface area contributed by atoms with Crippen LogP contribution in [-0.2, 0) is 16.1 Å². The molecule has 0 saturated carbocycles. The van der Waals surface area contributed by atoms with Crippen LogP contribution in [0.15, 0.2) is 24.3 Å². The number of benzene rings is 1. The Kier molecular flexibility index (Phi) is 6.58. The predicted octanol–water partition coefficient (Wildman–Crippen LogP) is 2.34. The fraction of sp³-hybridized carbons (Fsp3) is 0.471. The molecule has 1 aromatic rings. The topological polar surface area (TPSA) is 91.2 Å². The first kappa shape index (κ1) is 18.5. The average molecular weight is 317 g/mol. The predicted molar refractivity (Wildman–Crippen MR) is 86.4 cm³/mol. The molecule has 1 atom stereocenters. The zero-order valence-corrected chi connectivity index (χ0v) is 14.0. The molecule has 2 amide bonds. The maximum absolute atomic E-state index is 12.0. The van der Waals surface area contributed by atoms with Crippen LogP contribution < -0.4 is 10.6 Å². The number of nitrogens with one attached hydrogen (secondary N) is 2. The molecule has 1 aromatic carbocycles. The van der Waals surface area contributed by atoms with Crippen molar-refractivity contribution >= 4 is 12.0 Å². The van der Waals surface area contributed by atoms with Crippen LogP contribution in [0.1, 0.15) is 38.8 Å². The molecule has 6 heteroatoms. The first-order valence-electron chi connectivity index (χ1n) is 7.45. The van der Waals surface area contributed by atoms with Gasteiger partial charge in [-0.3, -0.25) is 4.79 Å². The molecular weight excluding hydrogens is 294 g/mol. The molecule has 0 aliphatic rings. The Morgan fingerprint density at radius 1 is 1.22 bits per heavy atom. The summed E-state index contributed by atoms with van der Waals surface area (Å²) in [5.41, 5.74) is 0.921. The minimum absolute atomic E-state index is 0.162. The minimum atomic E-state index is -0.564. The van der Waals surface area contributed by atoms with E-state index in [-0.39, 0.29) is 18.4 Å². The Bertz CT molecular complexity index is 583. The van der Waals surface area contributed by atoms with E-state index in [1.165, 1.54) is 0 Å². The monoisotopic (exact) mass is 317 g/mol. The molecule has 0 saturated heterocycles. The van der Waals surface area contributed by atoms with Gasteiger partial charge in [-0.05, 0) is 38.5 Å². The van der Waals surface area contributed by atoms with Gasteiger partial charge in [-0.2, -0.15) is 5.26 Å². The zero-order chi connectivity index (χ0) is 17.5. The summed E-state index contributed by atoms with van der Waals surface area (Å²) in [6.07, 6.45) is -0.538. The summed E-state index contributed by atoms with van der Waals surface area (Å²) < 4.78 is 5.11. The van der Waals surface area contributed by atoms with Gasteiger partial charge < -0.3 is 15.4 Å². The second-order valence-electron chi connectivity index (χ2n) is 6.31. The molecule has 0 unspecified atom stereocenters. The fourth-order valence-electron chi connectivity index (χ4n) is 1.70. The van der Waals surface area contributed by atoms with Crippen molar-refractivity contribution in [3.05, 3.63) is 35.4 Å². The van der Waals surface area contributed by atoms with Crippen LogP contribution in [0.2, 0.25) is 0 Å². The van der Waals surface area contributed by atoms with Gasteiger partial charge in [-0.25, -0.2) is 4.79 Å². The van der Waals surface area contributed by atoms with Crippen molar-refractivity contribution < 1.29 is 14.3 Å². The van der Waals surface area contributed by atoms with Crippen LogP contribution in [0.5, 0.6) is 0 Å². The summed E-state index contributed by atoms with van der Waals surface area (Å²) in [4.78, 5) is 23.5. The van der Waals surface area contributed by atoms with E-state index in [0.29, 0.717) is 12.1 Å². The van der Waals surface area contributed by atoms with Crippen molar-refractivity contribution in [3.8, 4) is 6.07 Å². The van der Waals surface area contributed by atoms with Gasteiger partial charge in [0.25, 0.3) is 0 Å². The maximum atomic E-state index is 12.0. The van der Waals surface area contributed by atoms with Crippen LogP contribution in [0.25, 0.3) is 0 Å². The lowest BCUT2D eigenvalue weighted by Gasteiger charge is -2.20. The number of carbonyl (C=O) groups is 2. The van der Waals surface area contributed by atoms with E-state index >= 15 is 0 Å². The third-order valence-electron chi connectivity index (χ3n) is 2.95. The fourth-order valence-corrected chi connectivity index (χ4v) is 1.70. The lowest BCUT2D eigenvalue weighted by Crippen LogP contribution is -2.39. The lowest BCUT2D eigenvalue weighted by molar-refractivity contribution is -0.124. The Labute approximate surface area is 136 Å². The number of hydrogen-bond donors (Lipinski definition) is 2. The van der Waals surface area contributed by atoms with Crippen molar-refractivity contribution in [2.45, 2.75) is 39.8 Å². The van der Waals surface area contributed by atoms with Crippen molar-refractivity contribution in [3.63, 3.8) is 0 Å². The van der Waals surface area contributed by atoms with E-state index in [1.54, 1.807) is 52.0 Å². The van der Waals surface area contributed by atoms with E-state index < -0.39 is 11.7 Å². The van der Waals surface area contributed by atoms with Gasteiger partial charge in [-0.15, -0.1) is 0 Å². The normalized spacial score (nSPS) is 12.0. The van der Waals surface area contributed by atoms with E-state index in [0.717, 1.165) is 5.56 Å². The number of nitrogens with zero attached hydrogens (tertiary/aromatic N) is 1. The van der Waals surface area contributed by atoms with Crippen molar-refractivity contribution in [2.75, 3.05) is 6.54 Å². The molecule has 0 heterocycles. The Morgan fingerprint density at radius 3 is 2.35 bits per heavy atom. The number of hydrogen-bond acceptors (Lipinski definition) is 4. The standard InChI is InChI=1S/C17H23N3O3/c1-12(10-20-16(22)23-17(2,3)4)15(21)19-11-14-7-5-13(9-18)6-8-14/h5-8,12H,10-11H2,1-4H3,(H,19,21)(H,20,22)/t12-/m1/s1. The number of carbonyl (C=O) groups excluding carboxylic acids is 2. The Hall–Kier alpha value is -2.55. The molecule has 1 rings (SSSR count). The van der Waals surface area contributed by atoms with Gasteiger partial charge in [0.1, 0.15) is 5.60 Å². The Balaban J connectivity index is 2.36. The third-order valence-corrected chi connectivity index (χ3v) is 2.95. The van der Waals surface area contributed by atoms with Gasteiger partial charge in [0.2, 0.25) is 5.91 Å². The van der Waals surface area contributed by atoms with Gasteiger partial charge in [0.15, 0.2) is 0 Å². The maximum Gasteiger partial charge on any atom is 0.407 e. The number of rotatable bonds is 5. The summed E-state index contributed by atoms with van der Waals surface area (Å²) in [7, 11) is 0. The summed E-state index contributed by atoms with van der Waals surface area (Å²) >= 11 is 0. The molecule has 0 spiro atoms. The molecule has 124 valence electrons. The molecular formula is C17H23N3O3. The van der Waals surface area contributed by atoms with Gasteiger partial charge >= 0.3 is 6.09 Å². The van der Waals surface area contributed by atoms with E-state index in [2.05, 4.69) is 10.6 Å². The first-order chi connectivity index (χ1) is 10.7. The van der Waals surface area contributed by atoms with Crippen LogP contribution in [0.3, 0.4) is 0 Å². The van der Waals surface area contributed by atoms with Crippen molar-refractivity contribution in [1.82, 2.24) is 10.6 Å². The highest BCUT2D eigenvalue weighted by molar-refractivity contribution is 5.79. The van der Waals surface area contributed by atoms with Gasteiger partial charge in [0.05, 0.1) is 17.6 Å². The molecule has 0 aromatic heterocycles. The average Bonchev–Trinajstić information content (AvgIpc) is 2.49. The summed E-state index contributed by atoms with van der Waals surface area (Å²) in [5, 5.41) is 14.1. The third kappa shape index (κ3) is 7.32. The molecule has 0 radical (unpaired) electrons. The highest BCUT2D eigenvalue weighted by Gasteiger charge is 2.18. The smallest absolute Gasteiger partial charge is 0.407 e. The number of alkyl carbamates (subject to hydrolysis) is 1. The lowest BCUT2D eigenvalue weighted by atomic mass is 10.1. The van der Waals surface area contributed by atoms with Crippen LogP contribution >= 0.6 is 0 Å². The highest BCUT2D eigenvalue weighted by Crippen LogP contribution is 2.07. The molecule has 0 fully saturated rings. The SMILES string of the molecule is C[C@H](CNC(=O)OC(C)(C)C)C(=O)NCc1ccc(C#N)cc1. The quantitative estimate of drug-likeness (QED) is 0.872. The molecule has 0 aliphatic heterocycles. The molecule has 0 bridgehead atoms. The zero-order valence-electron chi connectivity index (χ0n) is 14.0. The number of amides is 2. The van der Waals surface area contributed by atoms with Crippen molar-refractivity contribution in [2.24, 2.45) is 5.92 Å². The largest absolute Gasteiger partial charge is 0.444 e. The number of ether oxygens (including phenoxy) is 1. The van der Waals surface area contributed by atoms with Gasteiger partial charge in [-0.1, -0.05) is 19.1 Å². The van der Waals surface area contributed by atoms with Crippen molar-refractivity contribution in [1.29, 1.82) is 5.26 Å². The van der Waals surface area contributed by atoms with E-state index in [9.17, 15) is 9.59 Å². The Morgan fingerprint density at radius 2 is 1.83 bits per heavy atom. The molecule has 23 heavy (non-hydrogen) atoms. The van der Waals surface area contributed by atoms with Crippen LogP contribution in [0.4, 0.5) is 4.79 Å². The van der Waals surface area contributed by atoms with E-state index in [4.69, 9.17) is 10.00 Å². The summed E-state index contributed by atoms with van der Waals surface area (Å²) in [6, 6.07) is 9.04. The van der Waals surface area contributed by atoms with Crippen LogP contribution in [-0.4, -0.2) is 24.1 Å². The highest BCUT2D eigenvalue weighted by atomic mass is 16.6. The minimum Gasteiger partial charge on any atom is -0.444 e. The van der Waals surface area contributed by atoms with E-state index in [1.807, 2.05) is 6.07 Å². The molecule has 0 aliphatic carbocycles. The molecule has 6 nitrogen and oxygen atoms in total. The summed E-state index contributed by atoms with van der Waals surface area (Å²) in [6.45, 7) is 7.64. The van der Waals surface area contributed by atoms with Gasteiger partial charge in [0, 0.05) is 13.1 Å². The first-order valence-corrected chi connectivity index (χ1v) is 7.45. The summed E-state index contributed by atoms with van der Waals surface area (Å²) in [5.74, 6) is -0.536.